The number of halogens is 3. The predicted molar refractivity (Wildman–Crippen MR) is 98.2 cm³/mol. The topological polar surface area (TPSA) is 67.4 Å². The number of hydrogen-bond donors (Lipinski definition) is 2. The van der Waals surface area contributed by atoms with Gasteiger partial charge in [0.25, 0.3) is 11.8 Å². The molecular weight excluding hydrogens is 373 g/mol. The van der Waals surface area contributed by atoms with Crippen LogP contribution < -0.4 is 15.4 Å². The molecule has 2 N–H and O–H groups in total. The van der Waals surface area contributed by atoms with Gasteiger partial charge < -0.3 is 15.4 Å². The van der Waals surface area contributed by atoms with E-state index in [4.69, 9.17) is 4.74 Å². The third kappa shape index (κ3) is 6.00. The summed E-state index contributed by atoms with van der Waals surface area (Å²) in [6, 6.07) is 9.58. The number of rotatable bonds is 7. The number of hydrogen-bond acceptors (Lipinski definition) is 3. The maximum Gasteiger partial charge on any atom is 0.416 e. The van der Waals surface area contributed by atoms with Crippen molar-refractivity contribution in [3.05, 3.63) is 64.7 Å². The Balaban J connectivity index is 1.72. The van der Waals surface area contributed by atoms with Crippen molar-refractivity contribution < 1.29 is 27.5 Å². The number of ether oxygens (including phenoxy) is 1. The Bertz CT molecular complexity index is 813. The molecule has 0 saturated heterocycles. The molecule has 0 saturated carbocycles. The fraction of sp³-hybridized carbons (Fsp3) is 0.300. The van der Waals surface area contributed by atoms with Crippen molar-refractivity contribution in [2.75, 3.05) is 19.7 Å². The van der Waals surface area contributed by atoms with Gasteiger partial charge >= 0.3 is 6.18 Å². The van der Waals surface area contributed by atoms with E-state index in [0.29, 0.717) is 5.75 Å². The van der Waals surface area contributed by atoms with E-state index in [9.17, 15) is 22.8 Å². The highest BCUT2D eigenvalue weighted by Crippen LogP contribution is 2.29. The van der Waals surface area contributed by atoms with Crippen molar-refractivity contribution in [3.63, 3.8) is 0 Å². The Kier molecular flexibility index (Phi) is 7.03. The van der Waals surface area contributed by atoms with Gasteiger partial charge in [0.2, 0.25) is 0 Å². The highest BCUT2D eigenvalue weighted by atomic mass is 19.4. The molecule has 0 spiro atoms. The number of para-hydroxylation sites is 1. The molecule has 0 aromatic heterocycles. The standard InChI is InChI=1S/C20H21F3N2O3/c1-13-4-3-5-14(2)18(13)28-12-17(26)24-10-11-25-19(27)15-6-8-16(9-7-15)20(21,22)23/h3-9H,10-12H2,1-2H3,(H,24,26)(H,25,27). The van der Waals surface area contributed by atoms with E-state index in [1.807, 2.05) is 32.0 Å². The molecule has 0 unspecified atom stereocenters. The zero-order valence-corrected chi connectivity index (χ0v) is 15.5. The third-order valence-electron chi connectivity index (χ3n) is 3.96. The van der Waals surface area contributed by atoms with E-state index in [1.165, 1.54) is 0 Å². The molecule has 2 aromatic rings. The van der Waals surface area contributed by atoms with E-state index < -0.39 is 17.6 Å². The van der Waals surface area contributed by atoms with Gasteiger partial charge in [0.05, 0.1) is 5.56 Å². The van der Waals surface area contributed by atoms with E-state index in [0.717, 1.165) is 35.4 Å². The molecule has 2 aromatic carbocycles. The first-order valence-electron chi connectivity index (χ1n) is 8.59. The summed E-state index contributed by atoms with van der Waals surface area (Å²) in [5.74, 6) is -0.200. The number of carbonyl (C=O) groups is 2. The molecule has 28 heavy (non-hydrogen) atoms. The summed E-state index contributed by atoms with van der Waals surface area (Å²) in [5, 5.41) is 5.13. The highest BCUT2D eigenvalue weighted by Gasteiger charge is 2.30. The van der Waals surface area contributed by atoms with Crippen LogP contribution in [0.3, 0.4) is 0 Å². The van der Waals surface area contributed by atoms with Gasteiger partial charge in [-0.1, -0.05) is 18.2 Å². The molecule has 0 heterocycles. The van der Waals surface area contributed by atoms with Crippen molar-refractivity contribution in [3.8, 4) is 5.75 Å². The van der Waals surface area contributed by atoms with Gasteiger partial charge in [-0.05, 0) is 49.2 Å². The number of nitrogens with one attached hydrogen (secondary N) is 2. The third-order valence-corrected chi connectivity index (χ3v) is 3.96. The summed E-state index contributed by atoms with van der Waals surface area (Å²) >= 11 is 0. The monoisotopic (exact) mass is 394 g/mol. The summed E-state index contributed by atoms with van der Waals surface area (Å²) in [4.78, 5) is 23.7. The lowest BCUT2D eigenvalue weighted by Gasteiger charge is -2.12. The highest BCUT2D eigenvalue weighted by molar-refractivity contribution is 5.94. The van der Waals surface area contributed by atoms with E-state index in [-0.39, 0.29) is 31.2 Å². The number of benzene rings is 2. The molecule has 0 bridgehead atoms. The van der Waals surface area contributed by atoms with Crippen LogP contribution in [0, 0.1) is 13.8 Å². The summed E-state index contributed by atoms with van der Waals surface area (Å²) in [7, 11) is 0. The molecule has 0 atom stereocenters. The summed E-state index contributed by atoms with van der Waals surface area (Å²) in [6.07, 6.45) is -4.45. The summed E-state index contributed by atoms with van der Waals surface area (Å²) in [6.45, 7) is 3.92. The molecule has 150 valence electrons. The van der Waals surface area contributed by atoms with Crippen LogP contribution >= 0.6 is 0 Å². The minimum atomic E-state index is -4.45. The quantitative estimate of drug-likeness (QED) is 0.709. The van der Waals surface area contributed by atoms with Gasteiger partial charge in [-0.2, -0.15) is 13.2 Å². The van der Waals surface area contributed by atoms with Crippen LogP contribution in [0.5, 0.6) is 5.75 Å². The van der Waals surface area contributed by atoms with Crippen LogP contribution in [-0.2, 0) is 11.0 Å². The lowest BCUT2D eigenvalue weighted by atomic mass is 10.1. The molecule has 2 rings (SSSR count). The van der Waals surface area contributed by atoms with Crippen LogP contribution in [-0.4, -0.2) is 31.5 Å². The van der Waals surface area contributed by atoms with Crippen LogP contribution in [0.1, 0.15) is 27.0 Å². The number of amides is 2. The Morgan fingerprint density at radius 3 is 2.07 bits per heavy atom. The lowest BCUT2D eigenvalue weighted by molar-refractivity contribution is -0.137. The lowest BCUT2D eigenvalue weighted by Crippen LogP contribution is -2.36. The molecule has 2 amide bonds. The Morgan fingerprint density at radius 2 is 1.50 bits per heavy atom. The number of aryl methyl sites for hydroxylation is 2. The second kappa shape index (κ2) is 9.25. The molecule has 8 heteroatoms. The second-order valence-electron chi connectivity index (χ2n) is 6.19. The van der Waals surface area contributed by atoms with E-state index >= 15 is 0 Å². The van der Waals surface area contributed by atoms with Gasteiger partial charge in [-0.3, -0.25) is 9.59 Å². The molecule has 0 aliphatic carbocycles. The molecular formula is C20H21F3N2O3. The van der Waals surface area contributed by atoms with E-state index in [2.05, 4.69) is 10.6 Å². The molecule has 0 aliphatic rings. The van der Waals surface area contributed by atoms with Crippen LogP contribution in [0.25, 0.3) is 0 Å². The Hall–Kier alpha value is -3.03. The zero-order valence-electron chi connectivity index (χ0n) is 15.5. The van der Waals surface area contributed by atoms with Crippen LogP contribution in [0.4, 0.5) is 13.2 Å². The Morgan fingerprint density at radius 1 is 0.929 bits per heavy atom. The Labute approximate surface area is 160 Å². The van der Waals surface area contributed by atoms with Gasteiger partial charge in [-0.25, -0.2) is 0 Å². The first-order chi connectivity index (χ1) is 13.2. The maximum atomic E-state index is 12.5. The molecule has 5 nitrogen and oxygen atoms in total. The van der Waals surface area contributed by atoms with Crippen molar-refractivity contribution in [2.45, 2.75) is 20.0 Å². The summed E-state index contributed by atoms with van der Waals surface area (Å²) < 4.78 is 43.1. The molecule has 0 radical (unpaired) electrons. The second-order valence-corrected chi connectivity index (χ2v) is 6.19. The number of carbonyl (C=O) groups excluding carboxylic acids is 2. The van der Waals surface area contributed by atoms with Crippen molar-refractivity contribution in [1.29, 1.82) is 0 Å². The first-order valence-corrected chi connectivity index (χ1v) is 8.59. The maximum absolute atomic E-state index is 12.5. The smallest absolute Gasteiger partial charge is 0.416 e. The van der Waals surface area contributed by atoms with E-state index in [1.54, 1.807) is 0 Å². The van der Waals surface area contributed by atoms with Crippen molar-refractivity contribution in [1.82, 2.24) is 10.6 Å². The average molecular weight is 394 g/mol. The predicted octanol–water partition coefficient (Wildman–Crippen LogP) is 3.25. The summed E-state index contributed by atoms with van der Waals surface area (Å²) in [5.41, 5.74) is 1.14. The fourth-order valence-corrected chi connectivity index (χ4v) is 2.51. The van der Waals surface area contributed by atoms with Crippen molar-refractivity contribution >= 4 is 11.8 Å². The van der Waals surface area contributed by atoms with Crippen molar-refractivity contribution in [2.24, 2.45) is 0 Å². The van der Waals surface area contributed by atoms with Gasteiger partial charge in [0.15, 0.2) is 6.61 Å². The van der Waals surface area contributed by atoms with Gasteiger partial charge in [0.1, 0.15) is 5.75 Å². The average Bonchev–Trinajstić information content (AvgIpc) is 2.64. The van der Waals surface area contributed by atoms with Gasteiger partial charge in [0, 0.05) is 18.7 Å². The van der Waals surface area contributed by atoms with Crippen LogP contribution in [0.15, 0.2) is 42.5 Å². The SMILES string of the molecule is Cc1cccc(C)c1OCC(=O)NCCNC(=O)c1ccc(C(F)(F)F)cc1. The normalized spacial score (nSPS) is 11.0. The first kappa shape index (κ1) is 21.3. The minimum Gasteiger partial charge on any atom is -0.483 e. The number of alkyl halides is 3. The molecule has 0 aliphatic heterocycles. The largest absolute Gasteiger partial charge is 0.483 e. The molecule has 0 fully saturated rings. The zero-order chi connectivity index (χ0) is 20.7. The minimum absolute atomic E-state index is 0.109. The van der Waals surface area contributed by atoms with Gasteiger partial charge in [-0.15, -0.1) is 0 Å². The fourth-order valence-electron chi connectivity index (χ4n) is 2.51. The van der Waals surface area contributed by atoms with Crippen LogP contribution in [0.2, 0.25) is 0 Å².